The average Bonchev–Trinajstić information content (AvgIpc) is 2.44. The second-order valence-corrected chi connectivity index (χ2v) is 5.70. The van der Waals surface area contributed by atoms with E-state index in [9.17, 15) is 5.11 Å². The van der Waals surface area contributed by atoms with Crippen molar-refractivity contribution in [1.82, 2.24) is 4.90 Å². The first-order chi connectivity index (χ1) is 9.10. The molecule has 2 atom stereocenters. The Hall–Kier alpha value is -0.860. The molecule has 0 aliphatic rings. The molecule has 0 fully saturated rings. The van der Waals surface area contributed by atoms with Crippen LogP contribution in [-0.2, 0) is 6.54 Å². The van der Waals surface area contributed by atoms with E-state index in [0.717, 1.165) is 19.5 Å². The van der Waals surface area contributed by atoms with Gasteiger partial charge in [-0.1, -0.05) is 45.0 Å². The lowest BCUT2D eigenvalue weighted by molar-refractivity contribution is 0.173. The summed E-state index contributed by atoms with van der Waals surface area (Å²) in [5, 5.41) is 9.24. The fourth-order valence-electron chi connectivity index (χ4n) is 2.32. The highest BCUT2D eigenvalue weighted by Gasteiger charge is 2.09. The quantitative estimate of drug-likeness (QED) is 0.774. The highest BCUT2D eigenvalue weighted by atomic mass is 16.3. The van der Waals surface area contributed by atoms with Crippen molar-refractivity contribution in [3.63, 3.8) is 0 Å². The zero-order chi connectivity index (χ0) is 14.3. The molecule has 0 saturated heterocycles. The molecule has 0 radical (unpaired) electrons. The van der Waals surface area contributed by atoms with Crippen molar-refractivity contribution in [3.8, 4) is 0 Å². The Labute approximate surface area is 118 Å². The van der Waals surface area contributed by atoms with E-state index in [0.29, 0.717) is 11.8 Å². The first-order valence-electron chi connectivity index (χ1n) is 7.48. The van der Waals surface area contributed by atoms with E-state index in [1.54, 1.807) is 0 Å². The normalized spacial score (nSPS) is 14.6. The molecule has 2 nitrogen and oxygen atoms in total. The molecule has 0 aliphatic heterocycles. The van der Waals surface area contributed by atoms with Crippen LogP contribution in [0.25, 0.3) is 0 Å². The summed E-state index contributed by atoms with van der Waals surface area (Å²) in [5.74, 6) is 1.04. The van der Waals surface area contributed by atoms with Crippen molar-refractivity contribution in [2.24, 2.45) is 5.92 Å². The molecule has 0 spiro atoms. The molecular weight excluding hydrogens is 234 g/mol. The Balaban J connectivity index is 2.53. The molecule has 1 aromatic rings. The Morgan fingerprint density at radius 2 is 1.74 bits per heavy atom. The Kier molecular flexibility index (Phi) is 7.11. The van der Waals surface area contributed by atoms with E-state index < -0.39 is 0 Å². The summed E-state index contributed by atoms with van der Waals surface area (Å²) in [6.07, 6.45) is 2.22. The van der Waals surface area contributed by atoms with E-state index in [1.165, 1.54) is 17.5 Å². The van der Waals surface area contributed by atoms with Gasteiger partial charge in [-0.05, 0) is 42.9 Å². The van der Waals surface area contributed by atoms with Crippen LogP contribution in [0.4, 0.5) is 0 Å². The van der Waals surface area contributed by atoms with Crippen LogP contribution in [0.3, 0.4) is 0 Å². The molecule has 19 heavy (non-hydrogen) atoms. The van der Waals surface area contributed by atoms with Gasteiger partial charge in [0.2, 0.25) is 0 Å². The third-order valence-corrected chi connectivity index (χ3v) is 4.02. The van der Waals surface area contributed by atoms with Crippen LogP contribution in [0.2, 0.25) is 0 Å². The third kappa shape index (κ3) is 5.33. The summed E-state index contributed by atoms with van der Waals surface area (Å²) in [7, 11) is 2.13. The number of benzene rings is 1. The van der Waals surface area contributed by atoms with Crippen LogP contribution in [0.1, 0.15) is 50.7 Å². The number of hydrogen-bond acceptors (Lipinski definition) is 2. The fourth-order valence-corrected chi connectivity index (χ4v) is 2.32. The molecule has 2 heteroatoms. The molecule has 1 rings (SSSR count). The maximum absolute atomic E-state index is 9.24. The number of nitrogens with zero attached hydrogens (tertiary/aromatic N) is 1. The van der Waals surface area contributed by atoms with Crippen LogP contribution in [0.5, 0.6) is 0 Å². The molecule has 0 bridgehead atoms. The number of aliphatic hydroxyl groups excluding tert-OH is 1. The summed E-state index contributed by atoms with van der Waals surface area (Å²) in [4.78, 5) is 2.29. The monoisotopic (exact) mass is 263 g/mol. The van der Waals surface area contributed by atoms with Gasteiger partial charge >= 0.3 is 0 Å². The smallest absolute Gasteiger partial charge is 0.0471 e. The highest BCUT2D eigenvalue weighted by molar-refractivity contribution is 5.24. The van der Waals surface area contributed by atoms with Gasteiger partial charge in [-0.2, -0.15) is 0 Å². The Morgan fingerprint density at radius 3 is 2.21 bits per heavy atom. The standard InChI is InChI=1S/C17H29NO/c1-5-14(3)17-9-7-16(8-10-17)12-18(4)11-15(6-2)13-19/h7-10,14-15,19H,5-6,11-13H2,1-4H3. The minimum Gasteiger partial charge on any atom is -0.396 e. The summed E-state index contributed by atoms with van der Waals surface area (Å²) < 4.78 is 0. The Bertz CT molecular complexity index is 343. The van der Waals surface area contributed by atoms with Gasteiger partial charge in [-0.25, -0.2) is 0 Å². The lowest BCUT2D eigenvalue weighted by atomic mass is 9.97. The predicted octanol–water partition coefficient (Wildman–Crippen LogP) is 3.65. The topological polar surface area (TPSA) is 23.5 Å². The van der Waals surface area contributed by atoms with Gasteiger partial charge in [0, 0.05) is 19.7 Å². The molecule has 0 saturated carbocycles. The maximum atomic E-state index is 9.24. The summed E-state index contributed by atoms with van der Waals surface area (Å²) >= 11 is 0. The van der Waals surface area contributed by atoms with Crippen molar-refractivity contribution in [2.45, 2.75) is 46.1 Å². The second kappa shape index (κ2) is 8.34. The number of hydrogen-bond donors (Lipinski definition) is 1. The first kappa shape index (κ1) is 16.2. The maximum Gasteiger partial charge on any atom is 0.0471 e. The molecule has 108 valence electrons. The zero-order valence-corrected chi connectivity index (χ0v) is 12.9. The van der Waals surface area contributed by atoms with E-state index in [1.807, 2.05) is 0 Å². The lowest BCUT2D eigenvalue weighted by Gasteiger charge is -2.22. The Morgan fingerprint density at radius 1 is 1.11 bits per heavy atom. The van der Waals surface area contributed by atoms with Crippen molar-refractivity contribution in [2.75, 3.05) is 20.2 Å². The molecule has 0 aliphatic carbocycles. The molecular formula is C17H29NO. The van der Waals surface area contributed by atoms with Crippen LogP contribution in [0, 0.1) is 5.92 Å². The summed E-state index contributed by atoms with van der Waals surface area (Å²) in [6, 6.07) is 8.97. The fraction of sp³-hybridized carbons (Fsp3) is 0.647. The van der Waals surface area contributed by atoms with Gasteiger partial charge in [0.1, 0.15) is 0 Å². The van der Waals surface area contributed by atoms with Gasteiger partial charge in [0.25, 0.3) is 0 Å². The van der Waals surface area contributed by atoms with E-state index in [2.05, 4.69) is 57.0 Å². The SMILES string of the molecule is CCC(CO)CN(C)Cc1ccc(C(C)CC)cc1. The lowest BCUT2D eigenvalue weighted by Crippen LogP contribution is -2.27. The third-order valence-electron chi connectivity index (χ3n) is 4.02. The second-order valence-electron chi connectivity index (χ2n) is 5.70. The van der Waals surface area contributed by atoms with Gasteiger partial charge < -0.3 is 10.0 Å². The molecule has 0 amide bonds. The molecule has 2 unspecified atom stereocenters. The van der Waals surface area contributed by atoms with Crippen LogP contribution in [0.15, 0.2) is 24.3 Å². The number of aliphatic hydroxyl groups is 1. The van der Waals surface area contributed by atoms with Crippen LogP contribution in [-0.4, -0.2) is 30.2 Å². The van der Waals surface area contributed by atoms with Gasteiger partial charge in [0.05, 0.1) is 0 Å². The minimum atomic E-state index is 0.286. The summed E-state index contributed by atoms with van der Waals surface area (Å²) in [6.45, 7) is 8.83. The number of rotatable bonds is 8. The van der Waals surface area contributed by atoms with Crippen molar-refractivity contribution >= 4 is 0 Å². The van der Waals surface area contributed by atoms with E-state index in [4.69, 9.17) is 0 Å². The minimum absolute atomic E-state index is 0.286. The van der Waals surface area contributed by atoms with Gasteiger partial charge in [0.15, 0.2) is 0 Å². The average molecular weight is 263 g/mol. The van der Waals surface area contributed by atoms with E-state index in [-0.39, 0.29) is 6.61 Å². The molecule has 1 aromatic carbocycles. The van der Waals surface area contributed by atoms with Crippen molar-refractivity contribution < 1.29 is 5.11 Å². The molecule has 0 heterocycles. The van der Waals surface area contributed by atoms with E-state index >= 15 is 0 Å². The highest BCUT2D eigenvalue weighted by Crippen LogP contribution is 2.19. The first-order valence-corrected chi connectivity index (χ1v) is 7.48. The van der Waals surface area contributed by atoms with Crippen molar-refractivity contribution in [3.05, 3.63) is 35.4 Å². The van der Waals surface area contributed by atoms with Gasteiger partial charge in [-0.15, -0.1) is 0 Å². The zero-order valence-electron chi connectivity index (χ0n) is 12.9. The summed E-state index contributed by atoms with van der Waals surface area (Å²) in [5.41, 5.74) is 2.78. The largest absolute Gasteiger partial charge is 0.396 e. The molecule has 1 N–H and O–H groups in total. The van der Waals surface area contributed by atoms with Crippen LogP contribution >= 0.6 is 0 Å². The predicted molar refractivity (Wildman–Crippen MR) is 82.3 cm³/mol. The van der Waals surface area contributed by atoms with Crippen molar-refractivity contribution in [1.29, 1.82) is 0 Å². The van der Waals surface area contributed by atoms with Gasteiger partial charge in [-0.3, -0.25) is 0 Å². The molecule has 0 aromatic heterocycles. The van der Waals surface area contributed by atoms with Crippen LogP contribution < -0.4 is 0 Å².